The smallest absolute Gasteiger partial charge is 0.264 e. The van der Waals surface area contributed by atoms with Gasteiger partial charge in [-0.25, -0.2) is 0 Å². The van der Waals surface area contributed by atoms with Crippen molar-refractivity contribution in [2.75, 3.05) is 30.1 Å². The van der Waals surface area contributed by atoms with Gasteiger partial charge in [-0.1, -0.05) is 66.3 Å². The van der Waals surface area contributed by atoms with Crippen LogP contribution in [0.25, 0.3) is 0 Å². The van der Waals surface area contributed by atoms with Crippen molar-refractivity contribution in [2.24, 2.45) is 5.92 Å². The monoisotopic (exact) mass is 713 g/mol. The van der Waals surface area contributed by atoms with E-state index in [-0.39, 0.29) is 36.0 Å². The molecule has 262 valence electrons. The lowest BCUT2D eigenvalue weighted by molar-refractivity contribution is -0.146. The number of aromatic nitrogens is 3. The number of hydrogen-bond acceptors (Lipinski definition) is 7. The highest BCUT2D eigenvalue weighted by atomic mass is 35.5. The zero-order valence-electron chi connectivity index (χ0n) is 29.0. The first kappa shape index (κ1) is 34.4. The molecule has 2 fully saturated rings. The summed E-state index contributed by atoms with van der Waals surface area (Å²) >= 11 is 6.69. The van der Waals surface area contributed by atoms with E-state index in [1.54, 1.807) is 11.8 Å². The van der Waals surface area contributed by atoms with Gasteiger partial charge in [0.15, 0.2) is 5.60 Å². The third-order valence-electron chi connectivity index (χ3n) is 11.0. The number of amides is 2. The van der Waals surface area contributed by atoms with Crippen LogP contribution < -0.4 is 19.7 Å². The Hall–Kier alpha value is -4.03. The molecule has 0 bridgehead atoms. The number of hydrogen-bond donors (Lipinski definition) is 1. The van der Waals surface area contributed by atoms with Crippen LogP contribution >= 0.6 is 11.6 Å². The Bertz CT molecular complexity index is 1900. The summed E-state index contributed by atoms with van der Waals surface area (Å²) in [7, 11) is -0.668. The van der Waals surface area contributed by atoms with E-state index in [1.807, 2.05) is 70.6 Å². The Kier molecular flexibility index (Phi) is 9.36. The number of carbonyl (C=O) groups is 2. The van der Waals surface area contributed by atoms with Crippen LogP contribution in [0.15, 0.2) is 72.9 Å². The largest absolute Gasteiger partial charge is 0.497 e. The minimum atomic E-state index is -2.34. The molecule has 4 heterocycles. The Morgan fingerprint density at radius 1 is 1.10 bits per heavy atom. The van der Waals surface area contributed by atoms with Gasteiger partial charge in [0.05, 0.1) is 39.2 Å². The number of carbonyl (C=O) groups excluding carboxylic acids is 2. The average Bonchev–Trinajstić information content (AvgIpc) is 3.87. The van der Waals surface area contributed by atoms with Crippen molar-refractivity contribution in [1.29, 1.82) is 0 Å². The molecular weight excluding hydrogens is 670 g/mol. The first-order valence-corrected chi connectivity index (χ1v) is 20.9. The van der Waals surface area contributed by atoms with Crippen molar-refractivity contribution in [1.82, 2.24) is 15.0 Å². The van der Waals surface area contributed by atoms with E-state index in [1.165, 1.54) is 5.19 Å². The van der Waals surface area contributed by atoms with Gasteiger partial charge >= 0.3 is 0 Å². The van der Waals surface area contributed by atoms with Crippen LogP contribution in [0.2, 0.25) is 23.7 Å². The van der Waals surface area contributed by atoms with Crippen LogP contribution in [-0.4, -0.2) is 66.4 Å². The molecule has 2 amide bonds. The molecule has 1 spiro atoms. The van der Waals surface area contributed by atoms with Gasteiger partial charge < -0.3 is 24.4 Å². The summed E-state index contributed by atoms with van der Waals surface area (Å²) in [6.07, 6.45) is 4.07. The van der Waals surface area contributed by atoms with Crippen molar-refractivity contribution < 1.29 is 24.2 Å². The van der Waals surface area contributed by atoms with Gasteiger partial charge in [-0.3, -0.25) is 14.3 Å². The summed E-state index contributed by atoms with van der Waals surface area (Å²) in [4.78, 5) is 31.3. The maximum absolute atomic E-state index is 15.1. The molecule has 12 heteroatoms. The number of methoxy groups -OCH3 is 1. The van der Waals surface area contributed by atoms with Gasteiger partial charge in [-0.15, -0.1) is 5.10 Å². The van der Waals surface area contributed by atoms with Crippen molar-refractivity contribution in [3.05, 3.63) is 94.8 Å². The van der Waals surface area contributed by atoms with Gasteiger partial charge in [0.2, 0.25) is 5.91 Å². The molecule has 4 aromatic rings. The van der Waals surface area contributed by atoms with Crippen LogP contribution in [0.1, 0.15) is 43.0 Å². The van der Waals surface area contributed by atoms with Crippen LogP contribution in [0.4, 0.5) is 11.4 Å². The molecule has 50 heavy (non-hydrogen) atoms. The number of fused-ring (bicyclic) bond motifs is 2. The van der Waals surface area contributed by atoms with Gasteiger partial charge in [0, 0.05) is 60.9 Å². The number of benzene rings is 3. The lowest BCUT2D eigenvalue weighted by Gasteiger charge is -2.37. The quantitative estimate of drug-likeness (QED) is 0.206. The van der Waals surface area contributed by atoms with Crippen molar-refractivity contribution >= 4 is 48.1 Å². The van der Waals surface area contributed by atoms with Crippen LogP contribution in [-0.2, 0) is 39.4 Å². The normalized spacial score (nSPS) is 23.4. The minimum absolute atomic E-state index is 0.00937. The summed E-state index contributed by atoms with van der Waals surface area (Å²) in [6, 6.07) is 21.9. The first-order valence-electron chi connectivity index (χ1n) is 17.4. The number of anilines is 2. The van der Waals surface area contributed by atoms with E-state index in [2.05, 4.69) is 42.5 Å². The van der Waals surface area contributed by atoms with Crippen LogP contribution in [0, 0.1) is 5.92 Å². The molecule has 0 unspecified atom stereocenters. The van der Waals surface area contributed by atoms with Gasteiger partial charge in [-0.2, -0.15) is 0 Å². The molecular formula is C38H44ClN5O5Si. The highest BCUT2D eigenvalue weighted by molar-refractivity contribution is 6.91. The fourth-order valence-electron chi connectivity index (χ4n) is 8.58. The summed E-state index contributed by atoms with van der Waals surface area (Å²) in [5.41, 5.74) is 2.93. The summed E-state index contributed by atoms with van der Waals surface area (Å²) in [5, 5.41) is 19.7. The lowest BCUT2D eigenvalue weighted by atomic mass is 9.82. The Morgan fingerprint density at radius 3 is 2.62 bits per heavy atom. The number of aliphatic hydroxyl groups is 1. The minimum Gasteiger partial charge on any atom is -0.497 e. The molecule has 0 aliphatic carbocycles. The van der Waals surface area contributed by atoms with E-state index >= 15 is 4.79 Å². The van der Waals surface area contributed by atoms with Gasteiger partial charge in [0.25, 0.3) is 5.91 Å². The third kappa shape index (κ3) is 5.93. The third-order valence-corrected chi connectivity index (χ3v) is 15.6. The molecule has 0 radical (unpaired) electrons. The fraction of sp³-hybridized carbons (Fsp3) is 0.421. The molecule has 3 aromatic carbocycles. The second kappa shape index (κ2) is 13.6. The summed E-state index contributed by atoms with van der Waals surface area (Å²) < 4.78 is 14.5. The van der Waals surface area contributed by atoms with Crippen molar-refractivity contribution in [2.45, 2.75) is 76.0 Å². The molecule has 0 saturated carbocycles. The summed E-state index contributed by atoms with van der Waals surface area (Å²) in [6.45, 7) is 8.50. The van der Waals surface area contributed by atoms with Gasteiger partial charge in [0.1, 0.15) is 5.75 Å². The highest BCUT2D eigenvalue weighted by Crippen LogP contribution is 2.60. The predicted molar refractivity (Wildman–Crippen MR) is 196 cm³/mol. The summed E-state index contributed by atoms with van der Waals surface area (Å²) in [5.74, 6) is 0.654. The maximum Gasteiger partial charge on any atom is 0.264 e. The van der Waals surface area contributed by atoms with E-state index in [0.29, 0.717) is 43.9 Å². The molecule has 3 aliphatic heterocycles. The molecule has 7 rings (SSSR count). The van der Waals surface area contributed by atoms with E-state index in [4.69, 9.17) is 21.1 Å². The zero-order valence-corrected chi connectivity index (χ0v) is 30.8. The second-order valence-electron chi connectivity index (χ2n) is 14.3. The molecule has 2 saturated heterocycles. The molecule has 3 aliphatic rings. The topological polar surface area (TPSA) is 110 Å². The van der Waals surface area contributed by atoms with E-state index in [9.17, 15) is 9.90 Å². The standard InChI is InChI=1S/C38H44ClN5O5Si/c1-25-36(50(3,4)31-13-11-30(48-2)12-14-31)34(16-19-42-24-28(17-20-45)40-41-42)49-38(25)32-22-27(39)10-15-33(32)44(37(38)47)23-26-7-5-8-29(21-26)43-18-6-9-35(43)46/h5,7-8,10-15,21-22,24-25,34,36,45H,6,9,16-20,23H2,1-4H3/t25-,34+,36-,38+/m1/s1. The molecule has 1 N–H and O–H groups in total. The number of aliphatic hydroxyl groups excluding tert-OH is 1. The zero-order chi connectivity index (χ0) is 35.2. The van der Waals surface area contributed by atoms with E-state index in [0.717, 1.165) is 40.4 Å². The number of rotatable bonds is 11. The SMILES string of the molecule is COc1ccc([Si](C)(C)[C@H]2[C@H](CCn3cc(CCO)nn3)O[C@@]3(C(=O)N(Cc4cccc(N5CCCC5=O)c4)c4ccc(Cl)cc43)[C@@H]2C)cc1. The molecule has 1 aromatic heterocycles. The van der Waals surface area contributed by atoms with Gasteiger partial charge in [-0.05, 0) is 66.4 Å². The number of halogens is 1. The lowest BCUT2D eigenvalue weighted by Crippen LogP contribution is -2.51. The Balaban J connectivity index is 1.27. The maximum atomic E-state index is 15.1. The number of nitrogens with zero attached hydrogens (tertiary/aromatic N) is 5. The van der Waals surface area contributed by atoms with Crippen molar-refractivity contribution in [3.63, 3.8) is 0 Å². The fourth-order valence-corrected chi connectivity index (χ4v) is 12.8. The van der Waals surface area contributed by atoms with E-state index < -0.39 is 13.7 Å². The average molecular weight is 714 g/mol. The highest BCUT2D eigenvalue weighted by Gasteiger charge is 2.66. The van der Waals surface area contributed by atoms with Crippen LogP contribution in [0.3, 0.4) is 0 Å². The number of aryl methyl sites for hydroxylation is 1. The van der Waals surface area contributed by atoms with Crippen molar-refractivity contribution in [3.8, 4) is 5.75 Å². The Labute approximate surface area is 298 Å². The predicted octanol–water partition coefficient (Wildman–Crippen LogP) is 5.45. The Morgan fingerprint density at radius 2 is 1.90 bits per heavy atom. The molecule has 4 atom stereocenters. The second-order valence-corrected chi connectivity index (χ2v) is 19.4. The van der Waals surface area contributed by atoms with Crippen LogP contribution in [0.5, 0.6) is 5.75 Å². The molecule has 10 nitrogen and oxygen atoms in total. The number of ether oxygens (including phenoxy) is 2. The first-order chi connectivity index (χ1) is 24.1.